The summed E-state index contributed by atoms with van der Waals surface area (Å²) in [4.78, 5) is 4.77. The van der Waals surface area contributed by atoms with E-state index in [-0.39, 0.29) is 6.10 Å². The molecule has 1 heterocycles. The number of benzene rings is 3. The van der Waals surface area contributed by atoms with E-state index < -0.39 is 0 Å². The van der Waals surface area contributed by atoms with Gasteiger partial charge in [-0.2, -0.15) is 0 Å². The van der Waals surface area contributed by atoms with Gasteiger partial charge in [0.1, 0.15) is 6.10 Å². The van der Waals surface area contributed by atoms with Gasteiger partial charge in [0.2, 0.25) is 5.90 Å². The molecule has 118 valence electrons. The van der Waals surface area contributed by atoms with Crippen molar-refractivity contribution in [1.82, 2.24) is 0 Å². The van der Waals surface area contributed by atoms with Crippen LogP contribution in [0.15, 0.2) is 83.9 Å². The lowest BCUT2D eigenvalue weighted by atomic mass is 10.0. The van der Waals surface area contributed by atoms with Crippen LogP contribution >= 0.6 is 11.6 Å². The number of halogens is 1. The zero-order valence-electron chi connectivity index (χ0n) is 13.0. The van der Waals surface area contributed by atoms with Crippen molar-refractivity contribution in [1.29, 1.82) is 0 Å². The first-order valence-corrected chi connectivity index (χ1v) is 8.31. The van der Waals surface area contributed by atoms with Gasteiger partial charge in [0.05, 0.1) is 5.69 Å². The first-order valence-electron chi connectivity index (χ1n) is 7.94. The van der Waals surface area contributed by atoms with Crippen LogP contribution in [0, 0.1) is 0 Å². The van der Waals surface area contributed by atoms with Crippen molar-refractivity contribution in [3.8, 4) is 0 Å². The largest absolute Gasteiger partial charge is 0.469 e. The maximum atomic E-state index is 6.31. The number of aliphatic imine (C=N–C) groups is 1. The van der Waals surface area contributed by atoms with Gasteiger partial charge in [-0.05, 0) is 41.5 Å². The Hall–Kier alpha value is -2.58. The van der Waals surface area contributed by atoms with Crippen LogP contribution in [0.5, 0.6) is 0 Å². The molecule has 0 aliphatic carbocycles. The monoisotopic (exact) mass is 333 g/mol. The number of ether oxygens (including phenoxy) is 1. The molecular weight excluding hydrogens is 318 g/mol. The molecule has 1 atom stereocenters. The van der Waals surface area contributed by atoms with E-state index in [9.17, 15) is 0 Å². The highest BCUT2D eigenvalue weighted by Gasteiger charge is 2.22. The number of rotatable bonds is 2. The summed E-state index contributed by atoms with van der Waals surface area (Å²) >= 11 is 6.01. The van der Waals surface area contributed by atoms with Gasteiger partial charge < -0.3 is 4.74 Å². The lowest BCUT2D eigenvalue weighted by Gasteiger charge is -2.18. The van der Waals surface area contributed by atoms with Gasteiger partial charge in [0, 0.05) is 17.0 Å². The van der Waals surface area contributed by atoms with Crippen LogP contribution in [-0.2, 0) is 11.2 Å². The summed E-state index contributed by atoms with van der Waals surface area (Å²) in [6.45, 7) is 0. The van der Waals surface area contributed by atoms with Crippen molar-refractivity contribution in [2.24, 2.45) is 4.99 Å². The quantitative estimate of drug-likeness (QED) is 0.586. The van der Waals surface area contributed by atoms with Crippen molar-refractivity contribution < 1.29 is 4.74 Å². The topological polar surface area (TPSA) is 21.6 Å². The summed E-state index contributed by atoms with van der Waals surface area (Å²) in [5.41, 5.74) is 4.23. The molecule has 24 heavy (non-hydrogen) atoms. The Bertz CT molecular complexity index is 872. The van der Waals surface area contributed by atoms with Crippen LogP contribution in [0.2, 0.25) is 5.02 Å². The van der Waals surface area contributed by atoms with E-state index in [0.29, 0.717) is 10.9 Å². The van der Waals surface area contributed by atoms with Crippen LogP contribution in [0.4, 0.5) is 5.69 Å². The van der Waals surface area contributed by atoms with Crippen LogP contribution in [-0.4, -0.2) is 5.90 Å². The van der Waals surface area contributed by atoms with Gasteiger partial charge in [-0.15, -0.1) is 0 Å². The van der Waals surface area contributed by atoms with Crippen molar-refractivity contribution in [2.45, 2.75) is 12.5 Å². The van der Waals surface area contributed by atoms with Gasteiger partial charge in [-0.1, -0.05) is 60.1 Å². The fourth-order valence-corrected chi connectivity index (χ4v) is 3.01. The maximum Gasteiger partial charge on any atom is 0.221 e. The molecule has 0 spiro atoms. The molecule has 1 aliphatic rings. The fraction of sp³-hybridized carbons (Fsp3) is 0.0952. The molecule has 0 N–H and O–H groups in total. The van der Waals surface area contributed by atoms with E-state index in [1.165, 1.54) is 5.56 Å². The molecule has 1 unspecified atom stereocenters. The van der Waals surface area contributed by atoms with E-state index in [2.05, 4.69) is 18.2 Å². The normalized spacial score (nSPS) is 16.5. The van der Waals surface area contributed by atoms with E-state index >= 15 is 0 Å². The Balaban J connectivity index is 1.80. The molecule has 0 amide bonds. The van der Waals surface area contributed by atoms with Gasteiger partial charge in [-0.25, -0.2) is 4.99 Å². The standard InChI is InChI=1S/C21H16ClNO/c22-18-12-10-16(11-13-18)21-23-19-9-5-4-8-17(19)14-20(24-21)15-6-2-1-3-7-15/h1-13,20H,14H2. The van der Waals surface area contributed by atoms with E-state index in [0.717, 1.165) is 23.2 Å². The molecule has 0 saturated heterocycles. The SMILES string of the molecule is Clc1ccc(C2=Nc3ccccc3CC(c3ccccc3)O2)cc1. The smallest absolute Gasteiger partial charge is 0.221 e. The summed E-state index contributed by atoms with van der Waals surface area (Å²) in [6.07, 6.45) is 0.727. The minimum atomic E-state index is -0.0655. The molecule has 0 aromatic heterocycles. The van der Waals surface area contributed by atoms with Gasteiger partial charge in [-0.3, -0.25) is 0 Å². The molecule has 1 aliphatic heterocycles. The average Bonchev–Trinajstić information content (AvgIpc) is 2.83. The molecule has 4 rings (SSSR count). The Kier molecular flexibility index (Phi) is 4.06. The number of hydrogen-bond acceptors (Lipinski definition) is 2. The Morgan fingerprint density at radius 1 is 0.833 bits per heavy atom. The Morgan fingerprint density at radius 2 is 1.54 bits per heavy atom. The highest BCUT2D eigenvalue weighted by Crippen LogP contribution is 2.33. The molecule has 2 nitrogen and oxygen atoms in total. The minimum absolute atomic E-state index is 0.0655. The predicted octanol–water partition coefficient (Wildman–Crippen LogP) is 5.73. The lowest BCUT2D eigenvalue weighted by molar-refractivity contribution is 0.196. The summed E-state index contributed by atoms with van der Waals surface area (Å²) < 4.78 is 6.31. The molecule has 0 saturated carbocycles. The zero-order valence-corrected chi connectivity index (χ0v) is 13.8. The third kappa shape index (κ3) is 3.06. The van der Waals surface area contributed by atoms with Gasteiger partial charge in [0.15, 0.2) is 0 Å². The molecule has 0 radical (unpaired) electrons. The summed E-state index contributed by atoms with van der Waals surface area (Å²) in [6, 6.07) is 26.1. The van der Waals surface area contributed by atoms with E-state index in [1.807, 2.05) is 60.7 Å². The third-order valence-electron chi connectivity index (χ3n) is 4.14. The van der Waals surface area contributed by atoms with Crippen LogP contribution in [0.3, 0.4) is 0 Å². The molecule has 3 aromatic rings. The Morgan fingerprint density at radius 3 is 2.33 bits per heavy atom. The number of nitrogens with zero attached hydrogens (tertiary/aromatic N) is 1. The predicted molar refractivity (Wildman–Crippen MR) is 98.1 cm³/mol. The molecule has 0 fully saturated rings. The first kappa shape index (κ1) is 15.0. The van der Waals surface area contributed by atoms with Crippen molar-refractivity contribution >= 4 is 23.2 Å². The summed E-state index contributed by atoms with van der Waals surface area (Å²) in [5, 5.41) is 0.702. The lowest BCUT2D eigenvalue weighted by Crippen LogP contribution is -2.12. The zero-order chi connectivity index (χ0) is 16.4. The highest BCUT2D eigenvalue weighted by molar-refractivity contribution is 6.30. The molecule has 3 heteroatoms. The van der Waals surface area contributed by atoms with Crippen molar-refractivity contribution in [3.63, 3.8) is 0 Å². The first-order chi connectivity index (χ1) is 11.8. The molecule has 0 bridgehead atoms. The van der Waals surface area contributed by atoms with E-state index in [4.69, 9.17) is 21.3 Å². The fourth-order valence-electron chi connectivity index (χ4n) is 2.88. The minimum Gasteiger partial charge on any atom is -0.469 e. The summed E-state index contributed by atoms with van der Waals surface area (Å²) in [7, 11) is 0. The maximum absolute atomic E-state index is 6.31. The number of para-hydroxylation sites is 1. The highest BCUT2D eigenvalue weighted by atomic mass is 35.5. The van der Waals surface area contributed by atoms with E-state index in [1.54, 1.807) is 0 Å². The van der Waals surface area contributed by atoms with Crippen molar-refractivity contribution in [3.05, 3.63) is 101 Å². The number of hydrogen-bond donors (Lipinski definition) is 0. The second-order valence-corrected chi connectivity index (χ2v) is 6.21. The third-order valence-corrected chi connectivity index (χ3v) is 4.39. The molecular formula is C21H16ClNO. The second kappa shape index (κ2) is 6.50. The van der Waals surface area contributed by atoms with Crippen LogP contribution < -0.4 is 0 Å². The Labute approximate surface area is 146 Å². The summed E-state index contributed by atoms with van der Waals surface area (Å²) in [5.74, 6) is 0.630. The van der Waals surface area contributed by atoms with Gasteiger partial charge >= 0.3 is 0 Å². The average molecular weight is 334 g/mol. The number of fused-ring (bicyclic) bond motifs is 1. The molecule has 3 aromatic carbocycles. The van der Waals surface area contributed by atoms with Crippen LogP contribution in [0.1, 0.15) is 22.8 Å². The van der Waals surface area contributed by atoms with Crippen molar-refractivity contribution in [2.75, 3.05) is 0 Å². The van der Waals surface area contributed by atoms with Crippen LogP contribution in [0.25, 0.3) is 0 Å². The second-order valence-electron chi connectivity index (χ2n) is 5.77. The van der Waals surface area contributed by atoms with Gasteiger partial charge in [0.25, 0.3) is 0 Å².